The Morgan fingerprint density at radius 3 is 3.04 bits per heavy atom. The van der Waals surface area contributed by atoms with Crippen molar-refractivity contribution in [3.8, 4) is 0 Å². The first kappa shape index (κ1) is 18.0. The number of ether oxygens (including phenoxy) is 2. The molecule has 0 unspecified atom stereocenters. The van der Waals surface area contributed by atoms with Crippen molar-refractivity contribution in [1.82, 2.24) is 15.2 Å². The number of hydrogen-bond acceptors (Lipinski definition) is 3. The topological polar surface area (TPSA) is 66.6 Å². The van der Waals surface area contributed by atoms with Gasteiger partial charge < -0.3 is 24.7 Å². The molecule has 2 aromatic rings. The fraction of sp³-hybridized carbons (Fsp3) is 0.500. The molecule has 1 atom stereocenters. The van der Waals surface area contributed by atoms with Gasteiger partial charge in [0.15, 0.2) is 0 Å². The molecule has 1 aliphatic rings. The molecule has 0 saturated carbocycles. The van der Waals surface area contributed by atoms with E-state index in [9.17, 15) is 4.79 Å². The second-order valence-corrected chi connectivity index (χ2v) is 6.79. The third-order valence-corrected chi connectivity index (χ3v) is 4.68. The number of aromatic nitrogens is 1. The highest BCUT2D eigenvalue weighted by atomic mass is 35.5. The molecule has 2 N–H and O–H groups in total. The molecule has 1 aromatic heterocycles. The van der Waals surface area contributed by atoms with Gasteiger partial charge in [-0.15, -0.1) is 0 Å². The van der Waals surface area contributed by atoms with Crippen LogP contribution in [-0.2, 0) is 15.9 Å². The van der Waals surface area contributed by atoms with Crippen molar-refractivity contribution in [3.05, 3.63) is 34.5 Å². The van der Waals surface area contributed by atoms with Crippen LogP contribution in [0, 0.1) is 6.92 Å². The molecule has 0 bridgehead atoms. The molecule has 1 saturated heterocycles. The summed E-state index contributed by atoms with van der Waals surface area (Å²) in [7, 11) is 1.77. The number of carbonyl (C=O) groups excluding carboxylic acids is 1. The minimum absolute atomic E-state index is 0.0532. The number of benzene rings is 1. The van der Waals surface area contributed by atoms with Gasteiger partial charge in [-0.25, -0.2) is 4.79 Å². The SMILES string of the molecule is Cc1[nH]c2ccc(Cl)cc2c1CCNC(=O)N(C)C[C@@H]1COCCO1. The minimum atomic E-state index is -0.107. The van der Waals surface area contributed by atoms with E-state index in [4.69, 9.17) is 21.1 Å². The van der Waals surface area contributed by atoms with Crippen molar-refractivity contribution in [3.63, 3.8) is 0 Å². The molecule has 0 aliphatic carbocycles. The molecule has 7 heteroatoms. The van der Waals surface area contributed by atoms with Crippen LogP contribution in [0.15, 0.2) is 18.2 Å². The molecule has 0 spiro atoms. The zero-order valence-electron chi connectivity index (χ0n) is 14.6. The van der Waals surface area contributed by atoms with Gasteiger partial charge in [0.1, 0.15) is 0 Å². The van der Waals surface area contributed by atoms with Crippen molar-refractivity contribution in [1.29, 1.82) is 0 Å². The lowest BCUT2D eigenvalue weighted by Gasteiger charge is -2.27. The summed E-state index contributed by atoms with van der Waals surface area (Å²) >= 11 is 6.11. The average Bonchev–Trinajstić information content (AvgIpc) is 2.91. The molecular weight excluding hydrogens is 342 g/mol. The predicted octanol–water partition coefficient (Wildman–Crippen LogP) is 2.73. The molecule has 136 valence electrons. The predicted molar refractivity (Wildman–Crippen MR) is 98.3 cm³/mol. The molecule has 1 fully saturated rings. The monoisotopic (exact) mass is 365 g/mol. The van der Waals surface area contributed by atoms with Gasteiger partial charge in [-0.3, -0.25) is 0 Å². The lowest BCUT2D eigenvalue weighted by atomic mass is 10.1. The highest BCUT2D eigenvalue weighted by Crippen LogP contribution is 2.25. The number of amides is 2. The van der Waals surface area contributed by atoms with Crippen molar-refractivity contribution in [2.45, 2.75) is 19.4 Å². The summed E-state index contributed by atoms with van der Waals surface area (Å²) in [6.07, 6.45) is 0.692. The van der Waals surface area contributed by atoms with Crippen molar-refractivity contribution >= 4 is 28.5 Å². The van der Waals surface area contributed by atoms with E-state index in [-0.39, 0.29) is 12.1 Å². The van der Waals surface area contributed by atoms with Crippen LogP contribution in [0.1, 0.15) is 11.3 Å². The van der Waals surface area contributed by atoms with Gasteiger partial charge in [0.2, 0.25) is 0 Å². The van der Waals surface area contributed by atoms with Crippen molar-refractivity contribution in [2.75, 3.05) is 40.0 Å². The van der Waals surface area contributed by atoms with Gasteiger partial charge in [-0.05, 0) is 37.1 Å². The van der Waals surface area contributed by atoms with E-state index in [0.717, 1.165) is 23.0 Å². The standard InChI is InChI=1S/C18H24ClN3O3/c1-12-15(16-9-13(19)3-4-17(16)21-12)5-6-20-18(23)22(2)10-14-11-24-7-8-25-14/h3-4,9,14,21H,5-8,10-11H2,1-2H3,(H,20,23)/t14-/m1/s1. The number of nitrogens with one attached hydrogen (secondary N) is 2. The van der Waals surface area contributed by atoms with E-state index < -0.39 is 0 Å². The first-order valence-electron chi connectivity index (χ1n) is 8.49. The van der Waals surface area contributed by atoms with E-state index in [2.05, 4.69) is 10.3 Å². The summed E-state index contributed by atoms with van der Waals surface area (Å²) in [5.41, 5.74) is 3.35. The first-order chi connectivity index (χ1) is 12.0. The summed E-state index contributed by atoms with van der Waals surface area (Å²) < 4.78 is 10.9. The summed E-state index contributed by atoms with van der Waals surface area (Å²) in [5, 5.41) is 4.79. The van der Waals surface area contributed by atoms with Crippen LogP contribution in [0.3, 0.4) is 0 Å². The number of halogens is 1. The maximum absolute atomic E-state index is 12.2. The Balaban J connectivity index is 1.53. The quantitative estimate of drug-likeness (QED) is 0.856. The van der Waals surface area contributed by atoms with Gasteiger partial charge in [0, 0.05) is 35.2 Å². The number of aryl methyl sites for hydroxylation is 1. The van der Waals surface area contributed by atoms with Crippen LogP contribution < -0.4 is 5.32 Å². The number of rotatable bonds is 5. The number of urea groups is 1. The van der Waals surface area contributed by atoms with Crippen LogP contribution in [0.25, 0.3) is 10.9 Å². The van der Waals surface area contributed by atoms with E-state index in [1.807, 2.05) is 25.1 Å². The Labute approximate surface area is 152 Å². The normalized spacial score (nSPS) is 17.6. The third-order valence-electron chi connectivity index (χ3n) is 4.44. The zero-order valence-corrected chi connectivity index (χ0v) is 15.4. The molecule has 2 heterocycles. The summed E-state index contributed by atoms with van der Waals surface area (Å²) in [6.45, 7) is 4.87. The number of fused-ring (bicyclic) bond motifs is 1. The minimum Gasteiger partial charge on any atom is -0.376 e. The molecule has 1 aromatic carbocycles. The molecule has 2 amide bonds. The second-order valence-electron chi connectivity index (χ2n) is 6.35. The van der Waals surface area contributed by atoms with Crippen LogP contribution in [0.4, 0.5) is 4.79 Å². The Morgan fingerprint density at radius 1 is 1.44 bits per heavy atom. The summed E-state index contributed by atoms with van der Waals surface area (Å²) in [6, 6.07) is 5.71. The largest absolute Gasteiger partial charge is 0.376 e. The Bertz CT molecular complexity index is 740. The summed E-state index contributed by atoms with van der Waals surface area (Å²) in [4.78, 5) is 17.2. The average molecular weight is 366 g/mol. The van der Waals surface area contributed by atoms with Gasteiger partial charge in [0.25, 0.3) is 0 Å². The lowest BCUT2D eigenvalue weighted by molar-refractivity contribution is -0.0928. The molecule has 6 nitrogen and oxygen atoms in total. The van der Waals surface area contributed by atoms with Crippen LogP contribution in [0.5, 0.6) is 0 Å². The molecule has 0 radical (unpaired) electrons. The maximum Gasteiger partial charge on any atom is 0.317 e. The molecule has 3 rings (SSSR count). The van der Waals surface area contributed by atoms with E-state index in [0.29, 0.717) is 37.9 Å². The second kappa shape index (κ2) is 8.08. The van der Waals surface area contributed by atoms with E-state index >= 15 is 0 Å². The van der Waals surface area contributed by atoms with Gasteiger partial charge >= 0.3 is 6.03 Å². The van der Waals surface area contributed by atoms with Crippen LogP contribution in [0.2, 0.25) is 5.02 Å². The highest BCUT2D eigenvalue weighted by molar-refractivity contribution is 6.31. The Kier molecular flexibility index (Phi) is 5.83. The number of nitrogens with zero attached hydrogens (tertiary/aromatic N) is 1. The molecule has 25 heavy (non-hydrogen) atoms. The summed E-state index contributed by atoms with van der Waals surface area (Å²) in [5.74, 6) is 0. The number of H-pyrrole nitrogens is 1. The van der Waals surface area contributed by atoms with E-state index in [1.54, 1.807) is 11.9 Å². The lowest BCUT2D eigenvalue weighted by Crippen LogP contribution is -2.45. The van der Waals surface area contributed by atoms with Crippen molar-refractivity contribution in [2.24, 2.45) is 0 Å². The molecular formula is C18H24ClN3O3. The molecule has 1 aliphatic heterocycles. The zero-order chi connectivity index (χ0) is 17.8. The fourth-order valence-corrected chi connectivity index (χ4v) is 3.31. The van der Waals surface area contributed by atoms with Gasteiger partial charge in [-0.1, -0.05) is 11.6 Å². The fourth-order valence-electron chi connectivity index (χ4n) is 3.14. The first-order valence-corrected chi connectivity index (χ1v) is 8.87. The maximum atomic E-state index is 12.2. The number of aromatic amines is 1. The van der Waals surface area contributed by atoms with Gasteiger partial charge in [0.05, 0.1) is 32.5 Å². The number of carbonyl (C=O) groups is 1. The van der Waals surface area contributed by atoms with Crippen molar-refractivity contribution < 1.29 is 14.3 Å². The smallest absolute Gasteiger partial charge is 0.317 e. The van der Waals surface area contributed by atoms with Crippen LogP contribution >= 0.6 is 11.6 Å². The Hall–Kier alpha value is -1.76. The number of hydrogen-bond donors (Lipinski definition) is 2. The highest BCUT2D eigenvalue weighted by Gasteiger charge is 2.19. The van der Waals surface area contributed by atoms with Gasteiger partial charge in [-0.2, -0.15) is 0 Å². The van der Waals surface area contributed by atoms with E-state index in [1.165, 1.54) is 5.56 Å². The van der Waals surface area contributed by atoms with Crippen LogP contribution in [-0.4, -0.2) is 62.0 Å². The number of likely N-dealkylation sites (N-methyl/N-ethyl adjacent to an activating group) is 1. The third kappa shape index (κ3) is 4.45. The Morgan fingerprint density at radius 2 is 2.28 bits per heavy atom.